The minimum atomic E-state index is 0.450. The van der Waals surface area contributed by atoms with Gasteiger partial charge in [-0.25, -0.2) is 0 Å². The van der Waals surface area contributed by atoms with Crippen LogP contribution in [0.5, 0.6) is 0 Å². The van der Waals surface area contributed by atoms with Gasteiger partial charge < -0.3 is 14.3 Å². The Bertz CT molecular complexity index is 725. The van der Waals surface area contributed by atoms with E-state index >= 15 is 0 Å². The Morgan fingerprint density at radius 2 is 1.59 bits per heavy atom. The highest BCUT2D eigenvalue weighted by Crippen LogP contribution is 2.39. The van der Waals surface area contributed by atoms with Gasteiger partial charge >= 0.3 is 0 Å². The zero-order valence-corrected chi connectivity index (χ0v) is 17.8. The molecule has 27 heavy (non-hydrogen) atoms. The Morgan fingerprint density at radius 3 is 2.19 bits per heavy atom. The van der Waals surface area contributed by atoms with Crippen LogP contribution in [0.1, 0.15) is 37.9 Å². The van der Waals surface area contributed by atoms with E-state index in [0.717, 1.165) is 13.0 Å². The minimum absolute atomic E-state index is 0.450. The van der Waals surface area contributed by atoms with Crippen LogP contribution in [0.4, 0.5) is 11.4 Å². The number of para-hydroxylation sites is 1. The standard InChI is InChI=1S/C24H36N3/c1-6-27(7-2,8-3)18-17-25(4)22-15-13-20(14-16-22)24-19-21-11-9-10-12-23(21)26(24)5/h9-16,24H,6-8,17-19H2,1-5H3/q+1. The average Bonchev–Trinajstić information content (AvgIpc) is 3.06. The van der Waals surface area contributed by atoms with E-state index in [1.807, 2.05) is 0 Å². The van der Waals surface area contributed by atoms with E-state index < -0.39 is 0 Å². The van der Waals surface area contributed by atoms with E-state index in [1.165, 1.54) is 53.2 Å². The molecule has 0 fully saturated rings. The molecule has 2 aromatic rings. The van der Waals surface area contributed by atoms with E-state index in [9.17, 15) is 0 Å². The lowest BCUT2D eigenvalue weighted by Crippen LogP contribution is -2.51. The van der Waals surface area contributed by atoms with Gasteiger partial charge in [0.2, 0.25) is 0 Å². The van der Waals surface area contributed by atoms with E-state index in [0.29, 0.717) is 6.04 Å². The number of quaternary nitrogens is 1. The summed E-state index contributed by atoms with van der Waals surface area (Å²) in [5, 5.41) is 0. The van der Waals surface area contributed by atoms with Gasteiger partial charge in [-0.3, -0.25) is 0 Å². The van der Waals surface area contributed by atoms with Crippen LogP contribution in [0, 0.1) is 0 Å². The lowest BCUT2D eigenvalue weighted by atomic mass is 10.0. The van der Waals surface area contributed by atoms with Gasteiger partial charge in [0.1, 0.15) is 0 Å². The van der Waals surface area contributed by atoms with Crippen LogP contribution in [-0.4, -0.2) is 51.3 Å². The first kappa shape index (κ1) is 19.8. The average molecular weight is 367 g/mol. The topological polar surface area (TPSA) is 6.48 Å². The van der Waals surface area contributed by atoms with Gasteiger partial charge in [0.25, 0.3) is 0 Å². The molecule has 2 aromatic carbocycles. The van der Waals surface area contributed by atoms with Crippen molar-refractivity contribution in [3.05, 3.63) is 59.7 Å². The fourth-order valence-electron chi connectivity index (χ4n) is 4.47. The molecule has 0 radical (unpaired) electrons. The number of hydrogen-bond acceptors (Lipinski definition) is 2. The minimum Gasteiger partial charge on any atom is -0.369 e. The molecule has 0 N–H and O–H groups in total. The molecule has 0 amide bonds. The Hall–Kier alpha value is -2.00. The van der Waals surface area contributed by atoms with Crippen molar-refractivity contribution in [2.45, 2.75) is 33.2 Å². The van der Waals surface area contributed by atoms with E-state index in [-0.39, 0.29) is 0 Å². The number of hydrogen-bond donors (Lipinski definition) is 0. The zero-order chi connectivity index (χ0) is 19.4. The smallest absolute Gasteiger partial charge is 0.0964 e. The number of benzene rings is 2. The van der Waals surface area contributed by atoms with E-state index in [4.69, 9.17) is 0 Å². The molecule has 1 aliphatic heterocycles. The van der Waals surface area contributed by atoms with Crippen molar-refractivity contribution in [1.29, 1.82) is 0 Å². The maximum atomic E-state index is 2.42. The molecule has 1 unspecified atom stereocenters. The highest BCUT2D eigenvalue weighted by Gasteiger charge is 2.27. The van der Waals surface area contributed by atoms with Crippen LogP contribution in [0.3, 0.4) is 0 Å². The first-order valence-electron chi connectivity index (χ1n) is 10.5. The second kappa shape index (κ2) is 8.35. The molecular formula is C24H36N3+. The number of nitrogens with zero attached hydrogens (tertiary/aromatic N) is 3. The zero-order valence-electron chi connectivity index (χ0n) is 17.8. The normalized spacial score (nSPS) is 16.5. The van der Waals surface area contributed by atoms with Gasteiger partial charge in [-0.1, -0.05) is 30.3 Å². The van der Waals surface area contributed by atoms with Crippen molar-refractivity contribution < 1.29 is 4.48 Å². The lowest BCUT2D eigenvalue weighted by molar-refractivity contribution is -0.921. The molecule has 1 aliphatic rings. The number of rotatable bonds is 8. The highest BCUT2D eigenvalue weighted by atomic mass is 15.4. The summed E-state index contributed by atoms with van der Waals surface area (Å²) in [5.41, 5.74) is 5.56. The van der Waals surface area contributed by atoms with E-state index in [1.54, 1.807) is 0 Å². The Kier molecular flexibility index (Phi) is 6.11. The van der Waals surface area contributed by atoms with Crippen LogP contribution in [0.15, 0.2) is 48.5 Å². The summed E-state index contributed by atoms with van der Waals surface area (Å²) in [5.74, 6) is 0. The monoisotopic (exact) mass is 366 g/mol. The second-order valence-corrected chi connectivity index (χ2v) is 7.99. The number of anilines is 2. The molecule has 1 heterocycles. The quantitative estimate of drug-likeness (QED) is 0.623. The maximum absolute atomic E-state index is 2.42. The van der Waals surface area contributed by atoms with E-state index in [2.05, 4.69) is 93.2 Å². The molecule has 3 nitrogen and oxygen atoms in total. The summed E-state index contributed by atoms with van der Waals surface area (Å²) in [6.07, 6.45) is 1.10. The van der Waals surface area contributed by atoms with Crippen molar-refractivity contribution >= 4 is 11.4 Å². The molecule has 1 atom stereocenters. The summed E-state index contributed by atoms with van der Waals surface area (Å²) >= 11 is 0. The van der Waals surface area contributed by atoms with Crippen molar-refractivity contribution in [2.75, 3.05) is 56.6 Å². The van der Waals surface area contributed by atoms with Crippen molar-refractivity contribution in [2.24, 2.45) is 0 Å². The first-order chi connectivity index (χ1) is 13.0. The molecular weight excluding hydrogens is 330 g/mol. The predicted molar refractivity (Wildman–Crippen MR) is 118 cm³/mol. The van der Waals surface area contributed by atoms with Gasteiger partial charge in [-0.2, -0.15) is 0 Å². The maximum Gasteiger partial charge on any atom is 0.0964 e. The molecule has 146 valence electrons. The van der Waals surface area contributed by atoms with Gasteiger partial charge in [0.05, 0.1) is 38.8 Å². The highest BCUT2D eigenvalue weighted by molar-refractivity contribution is 5.60. The third kappa shape index (κ3) is 3.98. The summed E-state index contributed by atoms with van der Waals surface area (Å²) in [4.78, 5) is 4.83. The first-order valence-corrected chi connectivity index (χ1v) is 10.5. The van der Waals surface area contributed by atoms with Crippen LogP contribution in [-0.2, 0) is 6.42 Å². The lowest BCUT2D eigenvalue weighted by Gasteiger charge is -2.37. The summed E-state index contributed by atoms with van der Waals surface area (Å²) < 4.78 is 1.20. The third-order valence-corrected chi connectivity index (χ3v) is 6.89. The van der Waals surface area contributed by atoms with Gasteiger partial charge in [0, 0.05) is 25.5 Å². The molecule has 3 heteroatoms. The van der Waals surface area contributed by atoms with Crippen LogP contribution in [0.25, 0.3) is 0 Å². The van der Waals surface area contributed by atoms with Crippen LogP contribution in [0.2, 0.25) is 0 Å². The second-order valence-electron chi connectivity index (χ2n) is 7.99. The van der Waals surface area contributed by atoms with Gasteiger partial charge in [0.15, 0.2) is 0 Å². The Balaban J connectivity index is 1.66. The Morgan fingerprint density at radius 1 is 0.963 bits per heavy atom. The summed E-state index contributed by atoms with van der Waals surface area (Å²) in [7, 11) is 4.44. The van der Waals surface area contributed by atoms with Crippen molar-refractivity contribution in [1.82, 2.24) is 0 Å². The predicted octanol–water partition coefficient (Wildman–Crippen LogP) is 4.73. The molecule has 3 rings (SSSR count). The molecule has 0 bridgehead atoms. The number of fused-ring (bicyclic) bond motifs is 1. The largest absolute Gasteiger partial charge is 0.369 e. The molecule has 0 saturated carbocycles. The van der Waals surface area contributed by atoms with Crippen molar-refractivity contribution in [3.63, 3.8) is 0 Å². The molecule has 0 aromatic heterocycles. The van der Waals surface area contributed by atoms with Crippen LogP contribution >= 0.6 is 0 Å². The fraction of sp³-hybridized carbons (Fsp3) is 0.500. The van der Waals surface area contributed by atoms with Crippen LogP contribution < -0.4 is 9.80 Å². The number of likely N-dealkylation sites (N-methyl/N-ethyl adjacent to an activating group) is 3. The van der Waals surface area contributed by atoms with Gasteiger partial charge in [-0.15, -0.1) is 0 Å². The molecule has 0 aliphatic carbocycles. The summed E-state index contributed by atoms with van der Waals surface area (Å²) in [6.45, 7) is 12.9. The Labute approximate surface area is 165 Å². The fourth-order valence-corrected chi connectivity index (χ4v) is 4.47. The third-order valence-electron chi connectivity index (χ3n) is 6.89. The molecule has 0 saturated heterocycles. The SMILES string of the molecule is CC[N+](CC)(CC)CCN(C)c1ccc(C2Cc3ccccc3N2C)cc1. The van der Waals surface area contributed by atoms with Crippen molar-refractivity contribution in [3.8, 4) is 0 Å². The summed E-state index contributed by atoms with van der Waals surface area (Å²) in [6, 6.07) is 18.5. The van der Waals surface area contributed by atoms with Gasteiger partial charge in [-0.05, 0) is 56.5 Å². The molecule has 0 spiro atoms.